The maximum absolute atomic E-state index is 14.7. The average molecular weight is 284 g/mol. The van der Waals surface area contributed by atoms with E-state index in [1.807, 2.05) is 12.1 Å². The molecule has 0 aromatic heterocycles. The fourth-order valence-corrected chi connectivity index (χ4v) is 2.97. The molecule has 0 spiro atoms. The van der Waals surface area contributed by atoms with Gasteiger partial charge in [0, 0.05) is 5.56 Å². The van der Waals surface area contributed by atoms with Gasteiger partial charge >= 0.3 is 0 Å². The Morgan fingerprint density at radius 1 is 1.00 bits per heavy atom. The van der Waals surface area contributed by atoms with Gasteiger partial charge in [-0.3, -0.25) is 0 Å². The Morgan fingerprint density at radius 2 is 1.76 bits per heavy atom. The fourth-order valence-electron chi connectivity index (χ4n) is 2.97. The highest BCUT2D eigenvalue weighted by Crippen LogP contribution is 2.32. The number of allylic oxidation sites excluding steroid dienone is 2. The molecular weight excluding hydrogens is 266 g/mol. The molecule has 0 atom stereocenters. The Bertz CT molecular complexity index is 681. The lowest BCUT2D eigenvalue weighted by Gasteiger charge is -2.19. The standard InChI is InChI=1S/C19H18F2/c1-2-3-13-4-10-18-15(12-13)7-11-17(19(18)21)14-5-8-16(20)9-6-14/h4-9,11H,2-3,10,12H2,1H3. The van der Waals surface area contributed by atoms with E-state index in [4.69, 9.17) is 0 Å². The van der Waals surface area contributed by atoms with E-state index in [0.29, 0.717) is 12.0 Å². The van der Waals surface area contributed by atoms with Gasteiger partial charge in [-0.1, -0.05) is 49.3 Å². The third kappa shape index (κ3) is 2.76. The molecule has 0 aliphatic heterocycles. The van der Waals surface area contributed by atoms with Crippen molar-refractivity contribution in [3.8, 4) is 11.1 Å². The van der Waals surface area contributed by atoms with Crippen molar-refractivity contribution in [1.29, 1.82) is 0 Å². The minimum atomic E-state index is -0.302. The third-order valence-corrected chi connectivity index (χ3v) is 4.08. The minimum Gasteiger partial charge on any atom is -0.207 e. The van der Waals surface area contributed by atoms with Gasteiger partial charge in [0.05, 0.1) is 0 Å². The number of rotatable bonds is 3. The summed E-state index contributed by atoms with van der Waals surface area (Å²) in [7, 11) is 0. The minimum absolute atomic E-state index is 0.161. The van der Waals surface area contributed by atoms with Crippen molar-refractivity contribution in [1.82, 2.24) is 0 Å². The molecule has 0 heterocycles. The summed E-state index contributed by atoms with van der Waals surface area (Å²) in [5.74, 6) is -0.463. The topological polar surface area (TPSA) is 0 Å². The lowest BCUT2D eigenvalue weighted by molar-refractivity contribution is 0.612. The van der Waals surface area contributed by atoms with Gasteiger partial charge in [0.1, 0.15) is 11.6 Å². The quantitative estimate of drug-likeness (QED) is 0.657. The number of halogens is 2. The highest BCUT2D eigenvalue weighted by Gasteiger charge is 2.17. The van der Waals surface area contributed by atoms with Crippen molar-refractivity contribution in [2.24, 2.45) is 0 Å². The molecule has 0 unspecified atom stereocenters. The summed E-state index contributed by atoms with van der Waals surface area (Å²) in [6.07, 6.45) is 5.87. The van der Waals surface area contributed by atoms with Gasteiger partial charge in [0.2, 0.25) is 0 Å². The lowest BCUT2D eigenvalue weighted by Crippen LogP contribution is -2.06. The predicted molar refractivity (Wildman–Crippen MR) is 82.2 cm³/mol. The van der Waals surface area contributed by atoms with Crippen molar-refractivity contribution >= 4 is 0 Å². The second kappa shape index (κ2) is 5.80. The Hall–Kier alpha value is -1.96. The SMILES string of the molecule is CCCC1=CCc2c(ccc(-c3ccc(F)cc3)c2F)C1. The molecule has 0 radical (unpaired) electrons. The molecule has 3 rings (SSSR count). The molecule has 2 heteroatoms. The average Bonchev–Trinajstić information content (AvgIpc) is 2.49. The first kappa shape index (κ1) is 14.0. The molecule has 0 saturated carbocycles. The van der Waals surface area contributed by atoms with Gasteiger partial charge in [-0.25, -0.2) is 8.78 Å². The zero-order valence-electron chi connectivity index (χ0n) is 12.1. The Labute approximate surface area is 124 Å². The van der Waals surface area contributed by atoms with Crippen LogP contribution in [-0.2, 0) is 12.8 Å². The van der Waals surface area contributed by atoms with Crippen molar-refractivity contribution in [2.75, 3.05) is 0 Å². The molecule has 1 aliphatic rings. The maximum atomic E-state index is 14.7. The highest BCUT2D eigenvalue weighted by molar-refractivity contribution is 5.66. The number of fused-ring (bicyclic) bond motifs is 1. The Kier molecular flexibility index (Phi) is 3.87. The molecule has 2 aromatic rings. The molecule has 0 bridgehead atoms. The molecule has 21 heavy (non-hydrogen) atoms. The van der Waals surface area contributed by atoms with E-state index in [9.17, 15) is 8.78 Å². The van der Waals surface area contributed by atoms with E-state index >= 15 is 0 Å². The maximum Gasteiger partial charge on any atom is 0.134 e. The summed E-state index contributed by atoms with van der Waals surface area (Å²) in [6, 6.07) is 9.82. The van der Waals surface area contributed by atoms with Crippen LogP contribution in [0, 0.1) is 11.6 Å². The zero-order valence-corrected chi connectivity index (χ0v) is 12.1. The Morgan fingerprint density at radius 3 is 2.48 bits per heavy atom. The van der Waals surface area contributed by atoms with Crippen LogP contribution >= 0.6 is 0 Å². The first-order chi connectivity index (χ1) is 10.2. The van der Waals surface area contributed by atoms with Crippen LogP contribution in [0.3, 0.4) is 0 Å². The molecule has 1 aliphatic carbocycles. The van der Waals surface area contributed by atoms with Gasteiger partial charge < -0.3 is 0 Å². The normalized spacial score (nSPS) is 13.8. The van der Waals surface area contributed by atoms with E-state index in [-0.39, 0.29) is 11.6 Å². The molecule has 0 nitrogen and oxygen atoms in total. The molecular formula is C19H18F2. The van der Waals surface area contributed by atoms with Gasteiger partial charge in [0.15, 0.2) is 0 Å². The van der Waals surface area contributed by atoms with Gasteiger partial charge in [-0.15, -0.1) is 0 Å². The molecule has 0 amide bonds. The van der Waals surface area contributed by atoms with Crippen LogP contribution in [0.25, 0.3) is 11.1 Å². The zero-order chi connectivity index (χ0) is 14.8. The first-order valence-electron chi connectivity index (χ1n) is 7.43. The van der Waals surface area contributed by atoms with Crippen LogP contribution in [0.5, 0.6) is 0 Å². The van der Waals surface area contributed by atoms with Crippen molar-refractivity contribution < 1.29 is 8.78 Å². The van der Waals surface area contributed by atoms with Crippen molar-refractivity contribution in [3.63, 3.8) is 0 Å². The van der Waals surface area contributed by atoms with E-state index in [2.05, 4.69) is 13.0 Å². The molecule has 0 fully saturated rings. The fraction of sp³-hybridized carbons (Fsp3) is 0.263. The lowest BCUT2D eigenvalue weighted by atomic mass is 9.87. The van der Waals surface area contributed by atoms with Crippen molar-refractivity contribution in [3.05, 3.63) is 70.8 Å². The van der Waals surface area contributed by atoms with E-state index in [0.717, 1.165) is 36.0 Å². The second-order valence-corrected chi connectivity index (χ2v) is 5.56. The molecule has 2 aromatic carbocycles. The van der Waals surface area contributed by atoms with E-state index in [1.54, 1.807) is 12.1 Å². The van der Waals surface area contributed by atoms with Crippen LogP contribution in [0.2, 0.25) is 0 Å². The van der Waals surface area contributed by atoms with E-state index < -0.39 is 0 Å². The van der Waals surface area contributed by atoms with Crippen LogP contribution in [0.1, 0.15) is 30.9 Å². The van der Waals surface area contributed by atoms with Crippen molar-refractivity contribution in [2.45, 2.75) is 32.6 Å². The largest absolute Gasteiger partial charge is 0.207 e. The number of benzene rings is 2. The molecule has 0 saturated heterocycles. The summed E-state index contributed by atoms with van der Waals surface area (Å²) in [5.41, 5.74) is 4.56. The molecule has 108 valence electrons. The van der Waals surface area contributed by atoms with Crippen LogP contribution in [0.4, 0.5) is 8.78 Å². The smallest absolute Gasteiger partial charge is 0.134 e. The summed E-state index contributed by atoms with van der Waals surface area (Å²) >= 11 is 0. The van der Waals surface area contributed by atoms with E-state index in [1.165, 1.54) is 17.7 Å². The first-order valence-corrected chi connectivity index (χ1v) is 7.43. The number of hydrogen-bond donors (Lipinski definition) is 0. The second-order valence-electron chi connectivity index (χ2n) is 5.56. The Balaban J connectivity index is 1.97. The predicted octanol–water partition coefficient (Wildman–Crippen LogP) is 5.46. The van der Waals surface area contributed by atoms with Gasteiger partial charge in [-0.05, 0) is 48.1 Å². The molecule has 0 N–H and O–H groups in total. The van der Waals surface area contributed by atoms with Crippen LogP contribution in [-0.4, -0.2) is 0 Å². The highest BCUT2D eigenvalue weighted by atomic mass is 19.1. The summed E-state index contributed by atoms with van der Waals surface area (Å²) in [6.45, 7) is 2.16. The van der Waals surface area contributed by atoms with Crippen LogP contribution < -0.4 is 0 Å². The van der Waals surface area contributed by atoms with Gasteiger partial charge in [0.25, 0.3) is 0 Å². The van der Waals surface area contributed by atoms with Crippen LogP contribution in [0.15, 0.2) is 48.0 Å². The number of hydrogen-bond acceptors (Lipinski definition) is 0. The summed E-state index contributed by atoms with van der Waals surface area (Å²) < 4.78 is 27.7. The third-order valence-electron chi connectivity index (χ3n) is 4.08. The monoisotopic (exact) mass is 284 g/mol. The summed E-state index contributed by atoms with van der Waals surface area (Å²) in [5, 5.41) is 0. The van der Waals surface area contributed by atoms with Gasteiger partial charge in [-0.2, -0.15) is 0 Å². The summed E-state index contributed by atoms with van der Waals surface area (Å²) in [4.78, 5) is 0.